The average Bonchev–Trinajstić information content (AvgIpc) is 3.11. The number of aryl methyl sites for hydroxylation is 1. The molecule has 1 heterocycles. The van der Waals surface area contributed by atoms with Gasteiger partial charge in [0.25, 0.3) is 0 Å². The van der Waals surface area contributed by atoms with Gasteiger partial charge in [-0.15, -0.1) is 0 Å². The summed E-state index contributed by atoms with van der Waals surface area (Å²) in [5.74, 6) is -1.77. The summed E-state index contributed by atoms with van der Waals surface area (Å²) in [6, 6.07) is 7.37. The van der Waals surface area contributed by atoms with E-state index in [0.29, 0.717) is 12.2 Å². The molecule has 24 heavy (non-hydrogen) atoms. The molecule has 2 N–H and O–H groups in total. The Hall–Kier alpha value is -2.57. The highest BCUT2D eigenvalue weighted by atomic mass is 16.5. The van der Waals surface area contributed by atoms with Gasteiger partial charge in [0, 0.05) is 19.5 Å². The van der Waals surface area contributed by atoms with Gasteiger partial charge in [0.15, 0.2) is 0 Å². The SMILES string of the molecule is COc1cccc(CCC(=O)N2C[C@@]3(C(=O)O)C[C@@]3(C(=O)O)C2)c1. The molecule has 7 heteroatoms. The number of rotatable bonds is 6. The van der Waals surface area contributed by atoms with Crippen LogP contribution < -0.4 is 4.74 Å². The van der Waals surface area contributed by atoms with Gasteiger partial charge in [-0.2, -0.15) is 0 Å². The molecule has 7 nitrogen and oxygen atoms in total. The highest BCUT2D eigenvalue weighted by molar-refractivity contribution is 5.96. The quantitative estimate of drug-likeness (QED) is 0.805. The zero-order valence-electron chi connectivity index (χ0n) is 13.3. The van der Waals surface area contributed by atoms with Crippen molar-refractivity contribution in [3.05, 3.63) is 29.8 Å². The minimum atomic E-state index is -1.32. The van der Waals surface area contributed by atoms with E-state index in [9.17, 15) is 24.6 Å². The van der Waals surface area contributed by atoms with Crippen molar-refractivity contribution in [2.45, 2.75) is 19.3 Å². The lowest BCUT2D eigenvalue weighted by Crippen LogP contribution is -2.34. The largest absolute Gasteiger partial charge is 0.497 e. The Balaban J connectivity index is 1.65. The number of carboxylic acid groups (broad SMARTS) is 2. The molecule has 3 rings (SSSR count). The molecule has 0 aromatic heterocycles. The van der Waals surface area contributed by atoms with E-state index in [1.807, 2.05) is 24.3 Å². The van der Waals surface area contributed by atoms with Gasteiger partial charge in [0.1, 0.15) is 16.6 Å². The number of methoxy groups -OCH3 is 1. The molecular formula is C17H19NO6. The molecule has 128 valence electrons. The van der Waals surface area contributed by atoms with Crippen molar-refractivity contribution in [3.63, 3.8) is 0 Å². The van der Waals surface area contributed by atoms with Gasteiger partial charge in [-0.05, 0) is 30.5 Å². The van der Waals surface area contributed by atoms with Crippen LogP contribution in [0.2, 0.25) is 0 Å². The maximum absolute atomic E-state index is 12.4. The molecule has 1 aromatic rings. The lowest BCUT2D eigenvalue weighted by Gasteiger charge is -2.20. The summed E-state index contributed by atoms with van der Waals surface area (Å²) in [5.41, 5.74) is -1.69. The normalized spacial score (nSPS) is 27.5. The molecule has 0 unspecified atom stereocenters. The third-order valence-electron chi connectivity index (χ3n) is 5.25. The van der Waals surface area contributed by atoms with Crippen LogP contribution in [0, 0.1) is 10.8 Å². The number of carbonyl (C=O) groups excluding carboxylic acids is 1. The summed E-state index contributed by atoms with van der Waals surface area (Å²) in [5, 5.41) is 18.8. The van der Waals surface area contributed by atoms with Gasteiger partial charge in [0.2, 0.25) is 5.91 Å². The first-order valence-corrected chi connectivity index (χ1v) is 7.72. The molecule has 2 fully saturated rings. The Morgan fingerprint density at radius 2 is 1.79 bits per heavy atom. The van der Waals surface area contributed by atoms with E-state index in [0.717, 1.165) is 5.56 Å². The number of aliphatic carboxylic acids is 2. The lowest BCUT2D eigenvalue weighted by molar-refractivity contribution is -0.151. The first kappa shape index (κ1) is 16.3. The fourth-order valence-corrected chi connectivity index (χ4v) is 3.70. The van der Waals surface area contributed by atoms with E-state index in [1.165, 1.54) is 4.90 Å². The van der Waals surface area contributed by atoms with E-state index in [-0.39, 0.29) is 31.8 Å². The van der Waals surface area contributed by atoms with Crippen LogP contribution in [0.1, 0.15) is 18.4 Å². The minimum Gasteiger partial charge on any atom is -0.497 e. The van der Waals surface area contributed by atoms with E-state index in [1.54, 1.807) is 7.11 Å². The van der Waals surface area contributed by atoms with Crippen molar-refractivity contribution < 1.29 is 29.3 Å². The Labute approximate surface area is 138 Å². The van der Waals surface area contributed by atoms with E-state index in [4.69, 9.17) is 4.74 Å². The molecule has 1 saturated carbocycles. The third-order valence-corrected chi connectivity index (χ3v) is 5.25. The van der Waals surface area contributed by atoms with Crippen molar-refractivity contribution in [1.29, 1.82) is 0 Å². The second-order valence-electron chi connectivity index (χ2n) is 6.55. The number of benzene rings is 1. The molecule has 2 atom stereocenters. The van der Waals surface area contributed by atoms with Crippen molar-refractivity contribution >= 4 is 17.8 Å². The van der Waals surface area contributed by atoms with Gasteiger partial charge < -0.3 is 19.8 Å². The van der Waals surface area contributed by atoms with Crippen molar-refractivity contribution in [3.8, 4) is 5.75 Å². The number of hydrogen-bond donors (Lipinski definition) is 2. The maximum Gasteiger partial charge on any atom is 0.312 e. The second-order valence-corrected chi connectivity index (χ2v) is 6.55. The lowest BCUT2D eigenvalue weighted by atomic mass is 9.97. The highest BCUT2D eigenvalue weighted by Crippen LogP contribution is 2.68. The standard InChI is InChI=1S/C17H19NO6/c1-24-12-4-2-3-11(7-12)5-6-13(19)18-9-16(14(20)21)8-17(16,10-18)15(22)23/h2-4,7H,5-6,8-10H2,1H3,(H,20,21)(H,22,23)/t16-,17+. The fourth-order valence-electron chi connectivity index (χ4n) is 3.70. The van der Waals surface area contributed by atoms with Crippen LogP contribution in [0.3, 0.4) is 0 Å². The average molecular weight is 333 g/mol. The number of ether oxygens (including phenoxy) is 1. The van der Waals surface area contributed by atoms with Crippen molar-refractivity contribution in [2.24, 2.45) is 10.8 Å². The number of fused-ring (bicyclic) bond motifs is 1. The van der Waals surface area contributed by atoms with E-state index >= 15 is 0 Å². The Morgan fingerprint density at radius 3 is 2.33 bits per heavy atom. The van der Waals surface area contributed by atoms with E-state index in [2.05, 4.69) is 0 Å². The smallest absolute Gasteiger partial charge is 0.312 e. The van der Waals surface area contributed by atoms with Gasteiger partial charge >= 0.3 is 11.9 Å². The summed E-state index contributed by atoms with van der Waals surface area (Å²) >= 11 is 0. The summed E-state index contributed by atoms with van der Waals surface area (Å²) in [7, 11) is 1.57. The molecule has 1 saturated heterocycles. The number of amides is 1. The van der Waals surface area contributed by atoms with Crippen LogP contribution in [-0.2, 0) is 20.8 Å². The summed E-state index contributed by atoms with van der Waals surface area (Å²) in [6.45, 7) is -0.0445. The summed E-state index contributed by atoms with van der Waals surface area (Å²) in [4.78, 5) is 36.7. The number of carboxylic acids is 2. The molecule has 2 aliphatic rings. The maximum atomic E-state index is 12.4. The Morgan fingerprint density at radius 1 is 1.17 bits per heavy atom. The molecule has 0 spiro atoms. The number of likely N-dealkylation sites (tertiary alicyclic amines) is 1. The molecule has 1 amide bonds. The molecule has 1 aromatic carbocycles. The number of hydrogen-bond acceptors (Lipinski definition) is 4. The van der Waals surface area contributed by atoms with Gasteiger partial charge in [-0.1, -0.05) is 12.1 Å². The van der Waals surface area contributed by atoms with Crippen LogP contribution in [-0.4, -0.2) is 53.2 Å². The molecule has 0 bridgehead atoms. The van der Waals surface area contributed by atoms with Crippen molar-refractivity contribution in [2.75, 3.05) is 20.2 Å². The molecule has 0 radical (unpaired) electrons. The number of piperidine rings is 1. The van der Waals surface area contributed by atoms with Crippen molar-refractivity contribution in [1.82, 2.24) is 4.90 Å². The van der Waals surface area contributed by atoms with Crippen LogP contribution in [0.15, 0.2) is 24.3 Å². The van der Waals surface area contributed by atoms with Crippen LogP contribution >= 0.6 is 0 Å². The highest BCUT2D eigenvalue weighted by Gasteiger charge is 2.81. The topological polar surface area (TPSA) is 104 Å². The zero-order chi connectivity index (χ0) is 17.5. The predicted molar refractivity (Wildman–Crippen MR) is 82.6 cm³/mol. The van der Waals surface area contributed by atoms with Crippen LogP contribution in [0.4, 0.5) is 0 Å². The number of nitrogens with zero attached hydrogens (tertiary/aromatic N) is 1. The molecular weight excluding hydrogens is 314 g/mol. The van der Waals surface area contributed by atoms with Crippen LogP contribution in [0.25, 0.3) is 0 Å². The first-order chi connectivity index (χ1) is 11.3. The fraction of sp³-hybridized carbons (Fsp3) is 0.471. The van der Waals surface area contributed by atoms with Gasteiger partial charge in [0.05, 0.1) is 7.11 Å². The van der Waals surface area contributed by atoms with Gasteiger partial charge in [-0.3, -0.25) is 14.4 Å². The second kappa shape index (κ2) is 5.51. The Kier molecular flexibility index (Phi) is 3.74. The monoisotopic (exact) mass is 333 g/mol. The summed E-state index contributed by atoms with van der Waals surface area (Å²) in [6.07, 6.45) is 0.801. The number of carbonyl (C=O) groups is 3. The molecule has 1 aliphatic carbocycles. The van der Waals surface area contributed by atoms with E-state index < -0.39 is 22.8 Å². The zero-order valence-corrected chi connectivity index (χ0v) is 13.3. The third kappa shape index (κ3) is 2.31. The Bertz CT molecular complexity index is 689. The van der Waals surface area contributed by atoms with Crippen LogP contribution in [0.5, 0.6) is 5.75 Å². The first-order valence-electron chi connectivity index (χ1n) is 7.72. The summed E-state index contributed by atoms with van der Waals surface area (Å²) < 4.78 is 5.13. The predicted octanol–water partition coefficient (Wildman–Crippen LogP) is 1.02. The van der Waals surface area contributed by atoms with Gasteiger partial charge in [-0.25, -0.2) is 0 Å². The molecule has 1 aliphatic heterocycles. The minimum absolute atomic E-state index is 0.0222.